The Labute approximate surface area is 101 Å². The molecule has 96 valence electrons. The molecule has 0 radical (unpaired) electrons. The van der Waals surface area contributed by atoms with Crippen molar-refractivity contribution in [1.82, 2.24) is 10.2 Å². The van der Waals surface area contributed by atoms with Gasteiger partial charge in [0.2, 0.25) is 5.91 Å². The van der Waals surface area contributed by atoms with E-state index in [1.165, 1.54) is 12.8 Å². The second kappa shape index (κ2) is 4.64. The van der Waals surface area contributed by atoms with Crippen LogP contribution >= 0.6 is 0 Å². The summed E-state index contributed by atoms with van der Waals surface area (Å²) in [4.78, 5) is 24.6. The van der Waals surface area contributed by atoms with Crippen LogP contribution in [-0.2, 0) is 9.59 Å². The number of amides is 1. The monoisotopic (exact) mass is 240 g/mol. The molecule has 5 nitrogen and oxygen atoms in total. The molecule has 1 aliphatic heterocycles. The molecule has 1 heterocycles. The average Bonchev–Trinajstić information content (AvgIpc) is 3.00. The van der Waals surface area contributed by atoms with Gasteiger partial charge in [0, 0.05) is 32.1 Å². The molecule has 0 aromatic rings. The van der Waals surface area contributed by atoms with Gasteiger partial charge in [0.1, 0.15) is 0 Å². The standard InChI is InChI=1S/C12H20N2O3/c1-12(11(16)17)5-7-14(8-12)10(15)4-6-13-9-2-3-9/h9,13H,2-8H2,1H3,(H,16,17). The quantitative estimate of drug-likeness (QED) is 0.732. The van der Waals surface area contributed by atoms with Crippen LogP contribution < -0.4 is 5.32 Å². The van der Waals surface area contributed by atoms with E-state index in [-0.39, 0.29) is 5.91 Å². The van der Waals surface area contributed by atoms with Gasteiger partial charge in [0.05, 0.1) is 5.41 Å². The third kappa shape index (κ3) is 2.97. The summed E-state index contributed by atoms with van der Waals surface area (Å²) in [6.07, 6.45) is 3.47. The van der Waals surface area contributed by atoms with E-state index in [0.717, 1.165) is 0 Å². The predicted molar refractivity (Wildman–Crippen MR) is 62.6 cm³/mol. The lowest BCUT2D eigenvalue weighted by molar-refractivity contribution is -0.147. The minimum atomic E-state index is -0.802. The molecule has 17 heavy (non-hydrogen) atoms. The van der Waals surface area contributed by atoms with Crippen molar-refractivity contribution >= 4 is 11.9 Å². The molecule has 1 atom stereocenters. The van der Waals surface area contributed by atoms with Crippen molar-refractivity contribution in [1.29, 1.82) is 0 Å². The molecule has 2 N–H and O–H groups in total. The highest BCUT2D eigenvalue weighted by Crippen LogP contribution is 2.30. The molecule has 0 bridgehead atoms. The van der Waals surface area contributed by atoms with Crippen molar-refractivity contribution < 1.29 is 14.7 Å². The molecular weight excluding hydrogens is 220 g/mol. The first-order chi connectivity index (χ1) is 8.01. The highest BCUT2D eigenvalue weighted by Gasteiger charge is 2.41. The van der Waals surface area contributed by atoms with Crippen molar-refractivity contribution in [2.45, 2.75) is 38.6 Å². The molecule has 1 saturated heterocycles. The molecule has 2 aliphatic rings. The van der Waals surface area contributed by atoms with Gasteiger partial charge in [-0.1, -0.05) is 0 Å². The van der Waals surface area contributed by atoms with Crippen LogP contribution in [0, 0.1) is 5.41 Å². The third-order valence-electron chi connectivity index (χ3n) is 3.69. The fraction of sp³-hybridized carbons (Fsp3) is 0.833. The highest BCUT2D eigenvalue weighted by atomic mass is 16.4. The summed E-state index contributed by atoms with van der Waals surface area (Å²) in [5.41, 5.74) is -0.750. The first-order valence-electron chi connectivity index (χ1n) is 6.26. The Bertz CT molecular complexity index is 328. The number of hydrogen-bond acceptors (Lipinski definition) is 3. The Kier molecular flexibility index (Phi) is 3.38. The van der Waals surface area contributed by atoms with Gasteiger partial charge >= 0.3 is 5.97 Å². The Balaban J connectivity index is 1.74. The molecule has 0 aromatic heterocycles. The van der Waals surface area contributed by atoms with E-state index in [2.05, 4.69) is 5.32 Å². The Morgan fingerprint density at radius 2 is 2.18 bits per heavy atom. The molecule has 1 unspecified atom stereocenters. The molecule has 0 aromatic carbocycles. The number of carboxylic acid groups (broad SMARTS) is 1. The smallest absolute Gasteiger partial charge is 0.311 e. The van der Waals surface area contributed by atoms with Crippen molar-refractivity contribution in [2.75, 3.05) is 19.6 Å². The van der Waals surface area contributed by atoms with Gasteiger partial charge in [-0.05, 0) is 26.2 Å². The fourth-order valence-electron chi connectivity index (χ4n) is 2.18. The molecule has 2 rings (SSSR count). The van der Waals surface area contributed by atoms with Crippen LogP contribution in [-0.4, -0.2) is 47.6 Å². The number of carbonyl (C=O) groups excluding carboxylic acids is 1. The van der Waals surface area contributed by atoms with Crippen LogP contribution in [0.5, 0.6) is 0 Å². The number of carboxylic acids is 1. The van der Waals surface area contributed by atoms with Crippen LogP contribution in [0.3, 0.4) is 0 Å². The predicted octanol–water partition coefficient (Wildman–Crippen LogP) is 0.452. The highest BCUT2D eigenvalue weighted by molar-refractivity contribution is 5.80. The number of rotatable bonds is 5. The molecule has 5 heteroatoms. The number of nitrogens with zero attached hydrogens (tertiary/aromatic N) is 1. The summed E-state index contributed by atoms with van der Waals surface area (Å²) in [5.74, 6) is -0.730. The van der Waals surface area contributed by atoms with Crippen LogP contribution in [0.25, 0.3) is 0 Å². The lowest BCUT2D eigenvalue weighted by Crippen LogP contribution is -2.36. The van der Waals surface area contributed by atoms with Crippen LogP contribution in [0.2, 0.25) is 0 Å². The van der Waals surface area contributed by atoms with Crippen LogP contribution in [0.15, 0.2) is 0 Å². The van der Waals surface area contributed by atoms with Crippen molar-refractivity contribution in [3.63, 3.8) is 0 Å². The van der Waals surface area contributed by atoms with Crippen molar-refractivity contribution in [2.24, 2.45) is 5.41 Å². The van der Waals surface area contributed by atoms with Crippen molar-refractivity contribution in [3.8, 4) is 0 Å². The lowest BCUT2D eigenvalue weighted by atomic mass is 9.90. The topological polar surface area (TPSA) is 69.6 Å². The maximum absolute atomic E-state index is 11.9. The third-order valence-corrected chi connectivity index (χ3v) is 3.69. The summed E-state index contributed by atoms with van der Waals surface area (Å²) in [6, 6.07) is 0.616. The Hall–Kier alpha value is -1.10. The first kappa shape index (κ1) is 12.4. The van der Waals surface area contributed by atoms with E-state index >= 15 is 0 Å². The second-order valence-electron chi connectivity index (χ2n) is 5.41. The van der Waals surface area contributed by atoms with E-state index in [1.807, 2.05) is 0 Å². The molecule has 1 aliphatic carbocycles. The van der Waals surface area contributed by atoms with Gasteiger partial charge in [-0.2, -0.15) is 0 Å². The summed E-state index contributed by atoms with van der Waals surface area (Å²) in [7, 11) is 0. The first-order valence-corrected chi connectivity index (χ1v) is 6.26. The number of nitrogens with one attached hydrogen (secondary N) is 1. The van der Waals surface area contributed by atoms with E-state index in [1.54, 1.807) is 11.8 Å². The van der Waals surface area contributed by atoms with Gasteiger partial charge in [0.15, 0.2) is 0 Å². The van der Waals surface area contributed by atoms with Gasteiger partial charge < -0.3 is 15.3 Å². The summed E-state index contributed by atoms with van der Waals surface area (Å²) >= 11 is 0. The van der Waals surface area contributed by atoms with Crippen LogP contribution in [0.4, 0.5) is 0 Å². The molecule has 1 saturated carbocycles. The number of aliphatic carboxylic acids is 1. The van der Waals surface area contributed by atoms with Gasteiger partial charge in [0.25, 0.3) is 0 Å². The maximum Gasteiger partial charge on any atom is 0.311 e. The lowest BCUT2D eigenvalue weighted by Gasteiger charge is -2.20. The van der Waals surface area contributed by atoms with Gasteiger partial charge in [-0.15, -0.1) is 0 Å². The molecular formula is C12H20N2O3. The minimum absolute atomic E-state index is 0.0723. The van der Waals surface area contributed by atoms with Gasteiger partial charge in [-0.25, -0.2) is 0 Å². The summed E-state index contributed by atoms with van der Waals surface area (Å²) < 4.78 is 0. The number of likely N-dealkylation sites (tertiary alicyclic amines) is 1. The fourth-order valence-corrected chi connectivity index (χ4v) is 2.18. The van der Waals surface area contributed by atoms with Crippen LogP contribution in [0.1, 0.15) is 32.6 Å². The van der Waals surface area contributed by atoms with E-state index in [4.69, 9.17) is 5.11 Å². The van der Waals surface area contributed by atoms with Gasteiger partial charge in [-0.3, -0.25) is 9.59 Å². The summed E-state index contributed by atoms with van der Waals surface area (Å²) in [5, 5.41) is 12.4. The number of carbonyl (C=O) groups is 2. The Morgan fingerprint density at radius 3 is 2.71 bits per heavy atom. The zero-order valence-corrected chi connectivity index (χ0v) is 10.2. The normalized spacial score (nSPS) is 28.4. The summed E-state index contributed by atoms with van der Waals surface area (Å²) in [6.45, 7) is 3.35. The largest absolute Gasteiger partial charge is 0.481 e. The number of hydrogen-bond donors (Lipinski definition) is 2. The molecule has 1 amide bonds. The maximum atomic E-state index is 11.9. The minimum Gasteiger partial charge on any atom is -0.481 e. The second-order valence-corrected chi connectivity index (χ2v) is 5.41. The molecule has 0 spiro atoms. The SMILES string of the molecule is CC1(C(=O)O)CCN(C(=O)CCNC2CC2)C1. The zero-order valence-electron chi connectivity index (χ0n) is 10.2. The van der Waals surface area contributed by atoms with Crippen molar-refractivity contribution in [3.05, 3.63) is 0 Å². The van der Waals surface area contributed by atoms with E-state index in [9.17, 15) is 9.59 Å². The Morgan fingerprint density at radius 1 is 1.47 bits per heavy atom. The van der Waals surface area contributed by atoms with E-state index in [0.29, 0.717) is 38.5 Å². The zero-order chi connectivity index (χ0) is 12.5. The molecule has 2 fully saturated rings. The average molecular weight is 240 g/mol. The van der Waals surface area contributed by atoms with E-state index < -0.39 is 11.4 Å².